The highest BCUT2D eigenvalue weighted by Gasteiger charge is 2.11. The van der Waals surface area contributed by atoms with E-state index in [1.54, 1.807) is 17.9 Å². The molecule has 0 saturated carbocycles. The maximum Gasteiger partial charge on any atom is 0.255 e. The number of hydrogen-bond donors (Lipinski definition) is 2. The maximum absolute atomic E-state index is 12.0. The van der Waals surface area contributed by atoms with E-state index in [4.69, 9.17) is 5.11 Å². The fourth-order valence-electron chi connectivity index (χ4n) is 1.76. The molecule has 5 nitrogen and oxygen atoms in total. The molecular formula is C14H17N3O2. The molecule has 2 N–H and O–H groups in total. The number of hydrogen-bond acceptors (Lipinski definition) is 3. The zero-order valence-corrected chi connectivity index (χ0v) is 11.1. The third-order valence-electron chi connectivity index (χ3n) is 3.14. The SMILES string of the molecule is Cc1c(C(=O)NCc2ccc(CO)cc2)cnn1C. The van der Waals surface area contributed by atoms with Crippen molar-refractivity contribution in [1.82, 2.24) is 15.1 Å². The van der Waals surface area contributed by atoms with Crippen LogP contribution in [0.5, 0.6) is 0 Å². The van der Waals surface area contributed by atoms with E-state index in [2.05, 4.69) is 10.4 Å². The monoisotopic (exact) mass is 259 g/mol. The van der Waals surface area contributed by atoms with Gasteiger partial charge in [-0.15, -0.1) is 0 Å². The Hall–Kier alpha value is -2.14. The number of aryl methyl sites for hydroxylation is 1. The van der Waals surface area contributed by atoms with Crippen LogP contribution in [0.2, 0.25) is 0 Å². The first-order valence-corrected chi connectivity index (χ1v) is 6.07. The molecule has 0 aliphatic rings. The average molecular weight is 259 g/mol. The number of aromatic nitrogens is 2. The lowest BCUT2D eigenvalue weighted by atomic mass is 10.1. The molecule has 0 atom stereocenters. The Morgan fingerprint density at radius 1 is 1.32 bits per heavy atom. The Kier molecular flexibility index (Phi) is 3.97. The molecule has 0 spiro atoms. The van der Waals surface area contributed by atoms with Crippen molar-refractivity contribution < 1.29 is 9.90 Å². The standard InChI is InChI=1S/C14H17N3O2/c1-10-13(8-16-17(10)2)14(19)15-7-11-3-5-12(9-18)6-4-11/h3-6,8,18H,7,9H2,1-2H3,(H,15,19). The predicted octanol–water partition coefficient (Wildman–Crippen LogP) is 1.15. The minimum atomic E-state index is -0.128. The zero-order valence-electron chi connectivity index (χ0n) is 11.1. The Bertz CT molecular complexity index is 573. The van der Waals surface area contributed by atoms with Gasteiger partial charge in [-0.3, -0.25) is 9.48 Å². The van der Waals surface area contributed by atoms with E-state index in [-0.39, 0.29) is 12.5 Å². The molecule has 1 amide bonds. The second-order valence-electron chi connectivity index (χ2n) is 4.42. The first-order chi connectivity index (χ1) is 9.11. The van der Waals surface area contributed by atoms with Crippen LogP contribution in [0.15, 0.2) is 30.5 Å². The Labute approximate surface area is 111 Å². The first kappa shape index (κ1) is 13.3. The lowest BCUT2D eigenvalue weighted by Crippen LogP contribution is -2.23. The van der Waals surface area contributed by atoms with Crippen LogP contribution in [0, 0.1) is 6.92 Å². The highest BCUT2D eigenvalue weighted by Crippen LogP contribution is 2.07. The summed E-state index contributed by atoms with van der Waals surface area (Å²) in [7, 11) is 1.81. The summed E-state index contributed by atoms with van der Waals surface area (Å²) in [5, 5.41) is 15.8. The minimum absolute atomic E-state index is 0.0293. The van der Waals surface area contributed by atoms with Crippen molar-refractivity contribution in [3.05, 3.63) is 52.8 Å². The van der Waals surface area contributed by atoms with Gasteiger partial charge in [0.15, 0.2) is 0 Å². The summed E-state index contributed by atoms with van der Waals surface area (Å²) in [4.78, 5) is 12.0. The van der Waals surface area contributed by atoms with E-state index < -0.39 is 0 Å². The average Bonchev–Trinajstić information content (AvgIpc) is 2.77. The summed E-state index contributed by atoms with van der Waals surface area (Å²) in [6.07, 6.45) is 1.57. The van der Waals surface area contributed by atoms with E-state index >= 15 is 0 Å². The highest BCUT2D eigenvalue weighted by molar-refractivity contribution is 5.94. The number of benzene rings is 1. The van der Waals surface area contributed by atoms with Crippen molar-refractivity contribution in [2.75, 3.05) is 0 Å². The van der Waals surface area contributed by atoms with Gasteiger partial charge < -0.3 is 10.4 Å². The summed E-state index contributed by atoms with van der Waals surface area (Å²) in [5.74, 6) is -0.128. The molecule has 0 bridgehead atoms. The van der Waals surface area contributed by atoms with Gasteiger partial charge >= 0.3 is 0 Å². The van der Waals surface area contributed by atoms with Crippen molar-refractivity contribution in [3.8, 4) is 0 Å². The summed E-state index contributed by atoms with van der Waals surface area (Å²) < 4.78 is 1.67. The fraction of sp³-hybridized carbons (Fsp3) is 0.286. The number of carbonyl (C=O) groups is 1. The molecule has 100 valence electrons. The van der Waals surface area contributed by atoms with Gasteiger partial charge in [-0.05, 0) is 18.1 Å². The topological polar surface area (TPSA) is 67.2 Å². The zero-order chi connectivity index (χ0) is 13.8. The predicted molar refractivity (Wildman–Crippen MR) is 71.5 cm³/mol. The summed E-state index contributed by atoms with van der Waals surface area (Å²) in [6, 6.07) is 7.47. The summed E-state index contributed by atoms with van der Waals surface area (Å²) >= 11 is 0. The van der Waals surface area contributed by atoms with Gasteiger partial charge in [-0.2, -0.15) is 5.10 Å². The molecule has 1 aromatic carbocycles. The quantitative estimate of drug-likeness (QED) is 0.865. The Balaban J connectivity index is 1.98. The number of rotatable bonds is 4. The van der Waals surface area contributed by atoms with Crippen LogP contribution in [-0.4, -0.2) is 20.8 Å². The van der Waals surface area contributed by atoms with E-state index in [1.165, 1.54) is 0 Å². The number of aliphatic hydroxyl groups is 1. The molecule has 19 heavy (non-hydrogen) atoms. The molecule has 1 aromatic heterocycles. The van der Waals surface area contributed by atoms with Crippen molar-refractivity contribution in [2.45, 2.75) is 20.1 Å². The van der Waals surface area contributed by atoms with Gasteiger partial charge in [-0.25, -0.2) is 0 Å². The van der Waals surface area contributed by atoms with E-state index in [0.29, 0.717) is 12.1 Å². The van der Waals surface area contributed by atoms with Gasteiger partial charge in [0.05, 0.1) is 18.4 Å². The number of nitrogens with one attached hydrogen (secondary N) is 1. The largest absolute Gasteiger partial charge is 0.392 e. The molecule has 1 heterocycles. The van der Waals surface area contributed by atoms with Gasteiger partial charge in [0.25, 0.3) is 5.91 Å². The van der Waals surface area contributed by atoms with Crippen molar-refractivity contribution in [3.63, 3.8) is 0 Å². The molecule has 0 unspecified atom stereocenters. The van der Waals surface area contributed by atoms with Gasteiger partial charge in [0, 0.05) is 19.3 Å². The van der Waals surface area contributed by atoms with Crippen LogP contribution < -0.4 is 5.32 Å². The Morgan fingerprint density at radius 3 is 2.47 bits per heavy atom. The lowest BCUT2D eigenvalue weighted by molar-refractivity contribution is 0.0950. The van der Waals surface area contributed by atoms with Crippen LogP contribution in [0.1, 0.15) is 27.2 Å². The maximum atomic E-state index is 12.0. The third kappa shape index (κ3) is 3.00. The van der Waals surface area contributed by atoms with Crippen LogP contribution in [-0.2, 0) is 20.2 Å². The second kappa shape index (κ2) is 5.67. The van der Waals surface area contributed by atoms with Crippen LogP contribution in [0.3, 0.4) is 0 Å². The molecule has 0 saturated heterocycles. The van der Waals surface area contributed by atoms with Crippen molar-refractivity contribution in [2.24, 2.45) is 7.05 Å². The first-order valence-electron chi connectivity index (χ1n) is 6.07. The molecule has 0 aliphatic carbocycles. The van der Waals surface area contributed by atoms with Gasteiger partial charge in [-0.1, -0.05) is 24.3 Å². The summed E-state index contributed by atoms with van der Waals surface area (Å²) in [5.41, 5.74) is 3.29. The van der Waals surface area contributed by atoms with E-state index in [1.807, 2.05) is 31.2 Å². The molecule has 2 aromatic rings. The normalized spacial score (nSPS) is 10.5. The van der Waals surface area contributed by atoms with Crippen molar-refractivity contribution >= 4 is 5.91 Å². The number of aliphatic hydroxyl groups excluding tert-OH is 1. The molecule has 0 aliphatic heterocycles. The van der Waals surface area contributed by atoms with E-state index in [9.17, 15) is 4.79 Å². The Morgan fingerprint density at radius 2 is 1.95 bits per heavy atom. The lowest BCUT2D eigenvalue weighted by Gasteiger charge is -2.05. The molecule has 0 radical (unpaired) electrons. The van der Waals surface area contributed by atoms with Crippen molar-refractivity contribution in [1.29, 1.82) is 0 Å². The smallest absolute Gasteiger partial charge is 0.255 e. The molecular weight excluding hydrogens is 242 g/mol. The number of carbonyl (C=O) groups excluding carboxylic acids is 1. The number of amides is 1. The van der Waals surface area contributed by atoms with Crippen LogP contribution >= 0.6 is 0 Å². The van der Waals surface area contributed by atoms with Gasteiger partial charge in [0.2, 0.25) is 0 Å². The van der Waals surface area contributed by atoms with Crippen LogP contribution in [0.25, 0.3) is 0 Å². The highest BCUT2D eigenvalue weighted by atomic mass is 16.3. The van der Waals surface area contributed by atoms with Gasteiger partial charge in [0.1, 0.15) is 0 Å². The minimum Gasteiger partial charge on any atom is -0.392 e. The third-order valence-corrected chi connectivity index (χ3v) is 3.14. The fourth-order valence-corrected chi connectivity index (χ4v) is 1.76. The van der Waals surface area contributed by atoms with E-state index in [0.717, 1.165) is 16.8 Å². The molecule has 0 fully saturated rings. The molecule has 5 heteroatoms. The second-order valence-corrected chi connectivity index (χ2v) is 4.42. The van der Waals surface area contributed by atoms with Crippen LogP contribution in [0.4, 0.5) is 0 Å². The molecule has 2 rings (SSSR count). The number of nitrogens with zero attached hydrogens (tertiary/aromatic N) is 2. The summed E-state index contributed by atoms with van der Waals surface area (Å²) in [6.45, 7) is 2.35.